The largest absolute Gasteiger partial charge is 0.444 e. The molecule has 1 N–H and O–H groups in total. The Kier molecular flexibility index (Phi) is 3.02. The monoisotopic (exact) mass is 240 g/mol. The molecule has 0 radical (unpaired) electrons. The van der Waals surface area contributed by atoms with Crippen LogP contribution in [-0.4, -0.2) is 42.1 Å². The fraction of sp³-hybridized carbons (Fsp3) is 0.833. The number of hydrogen-bond acceptors (Lipinski definition) is 3. The number of rotatable bonds is 0. The van der Waals surface area contributed by atoms with Crippen LogP contribution in [0.2, 0.25) is 0 Å². The van der Waals surface area contributed by atoms with Gasteiger partial charge in [0.05, 0.1) is 0 Å². The molecule has 2 saturated heterocycles. The maximum absolute atomic E-state index is 11.9. The van der Waals surface area contributed by atoms with Gasteiger partial charge in [-0.2, -0.15) is 0 Å². The fourth-order valence-electron chi connectivity index (χ4n) is 2.43. The molecule has 2 aliphatic heterocycles. The summed E-state index contributed by atoms with van der Waals surface area (Å²) in [6.45, 7) is 7.60. The van der Waals surface area contributed by atoms with E-state index in [1.807, 2.05) is 20.8 Å². The Hall–Kier alpha value is -1.26. The molecule has 0 aromatic carbocycles. The van der Waals surface area contributed by atoms with Gasteiger partial charge in [0, 0.05) is 26.1 Å². The van der Waals surface area contributed by atoms with Crippen LogP contribution in [0.1, 0.15) is 27.2 Å². The highest BCUT2D eigenvalue weighted by Crippen LogP contribution is 2.29. The molecule has 17 heavy (non-hydrogen) atoms. The topological polar surface area (TPSA) is 58.6 Å². The first-order chi connectivity index (χ1) is 7.85. The van der Waals surface area contributed by atoms with Crippen LogP contribution in [0.25, 0.3) is 0 Å². The van der Waals surface area contributed by atoms with Gasteiger partial charge in [-0.15, -0.1) is 0 Å². The van der Waals surface area contributed by atoms with Crippen molar-refractivity contribution in [3.8, 4) is 0 Å². The van der Waals surface area contributed by atoms with Crippen LogP contribution in [0.4, 0.5) is 4.79 Å². The third-order valence-electron chi connectivity index (χ3n) is 3.24. The molecule has 0 aliphatic carbocycles. The van der Waals surface area contributed by atoms with Crippen molar-refractivity contribution in [3.63, 3.8) is 0 Å². The van der Waals surface area contributed by atoms with Gasteiger partial charge < -0.3 is 15.0 Å². The molecule has 5 nitrogen and oxygen atoms in total. The minimum atomic E-state index is -0.459. The molecular weight excluding hydrogens is 220 g/mol. The number of likely N-dealkylation sites (tertiary alicyclic amines) is 1. The van der Waals surface area contributed by atoms with E-state index < -0.39 is 5.60 Å². The maximum atomic E-state index is 11.9. The molecule has 0 saturated carbocycles. The first-order valence-corrected chi connectivity index (χ1v) is 6.10. The average Bonchev–Trinajstić information content (AvgIpc) is 2.57. The van der Waals surface area contributed by atoms with E-state index in [-0.39, 0.29) is 12.0 Å². The number of piperidine rings is 1. The summed E-state index contributed by atoms with van der Waals surface area (Å²) in [6.07, 6.45) is 0.267. The summed E-state index contributed by atoms with van der Waals surface area (Å²) in [6, 6.07) is 0. The van der Waals surface area contributed by atoms with Gasteiger partial charge in [-0.05, 0) is 32.6 Å². The molecule has 5 heteroatoms. The SMILES string of the molecule is CC(C)(C)OC(=O)N1C[C@H]2CNC(=O)C[C@@H]2C1. The molecule has 0 aromatic rings. The summed E-state index contributed by atoms with van der Waals surface area (Å²) in [5.41, 5.74) is -0.459. The quantitative estimate of drug-likeness (QED) is 0.687. The summed E-state index contributed by atoms with van der Waals surface area (Å²) in [7, 11) is 0. The van der Waals surface area contributed by atoms with Crippen LogP contribution in [0.5, 0.6) is 0 Å². The average molecular weight is 240 g/mol. The minimum Gasteiger partial charge on any atom is -0.444 e. The lowest BCUT2D eigenvalue weighted by molar-refractivity contribution is -0.124. The van der Waals surface area contributed by atoms with Crippen LogP contribution in [0.3, 0.4) is 0 Å². The molecule has 2 fully saturated rings. The number of carbonyl (C=O) groups excluding carboxylic acids is 2. The van der Waals surface area contributed by atoms with Crippen LogP contribution in [0.15, 0.2) is 0 Å². The normalized spacial score (nSPS) is 28.6. The van der Waals surface area contributed by atoms with Gasteiger partial charge in [-0.1, -0.05) is 0 Å². The van der Waals surface area contributed by atoms with Gasteiger partial charge in [0.25, 0.3) is 0 Å². The third kappa shape index (κ3) is 2.90. The van der Waals surface area contributed by atoms with Crippen LogP contribution in [-0.2, 0) is 9.53 Å². The van der Waals surface area contributed by atoms with Crippen LogP contribution in [0, 0.1) is 11.8 Å². The molecule has 96 valence electrons. The summed E-state index contributed by atoms with van der Waals surface area (Å²) < 4.78 is 5.34. The smallest absolute Gasteiger partial charge is 0.410 e. The number of nitrogens with zero attached hydrogens (tertiary/aromatic N) is 1. The van der Waals surface area contributed by atoms with Gasteiger partial charge in [0.15, 0.2) is 0 Å². The molecular formula is C12H20N2O3. The third-order valence-corrected chi connectivity index (χ3v) is 3.24. The van der Waals surface area contributed by atoms with E-state index in [0.29, 0.717) is 37.9 Å². The first-order valence-electron chi connectivity index (χ1n) is 6.10. The second-order valence-electron chi connectivity index (χ2n) is 5.91. The summed E-state index contributed by atoms with van der Waals surface area (Å²) in [4.78, 5) is 24.9. The molecule has 0 bridgehead atoms. The van der Waals surface area contributed by atoms with E-state index in [4.69, 9.17) is 4.74 Å². The summed E-state index contributed by atoms with van der Waals surface area (Å²) >= 11 is 0. The standard InChI is InChI=1S/C12H20N2O3/c1-12(2,3)17-11(16)14-6-8-4-10(15)13-5-9(8)7-14/h8-9H,4-7H2,1-3H3,(H,13,15)/t8-,9-/m1/s1. The Morgan fingerprint density at radius 2 is 2.00 bits per heavy atom. The lowest BCUT2D eigenvalue weighted by atomic mass is 9.89. The maximum Gasteiger partial charge on any atom is 0.410 e. The predicted octanol–water partition coefficient (Wildman–Crippen LogP) is 0.989. The number of fused-ring (bicyclic) bond motifs is 1. The van der Waals surface area contributed by atoms with Crippen molar-refractivity contribution in [1.82, 2.24) is 10.2 Å². The van der Waals surface area contributed by atoms with Crippen molar-refractivity contribution in [1.29, 1.82) is 0 Å². The molecule has 2 atom stereocenters. The molecule has 0 aromatic heterocycles. The molecule has 0 unspecified atom stereocenters. The van der Waals surface area contributed by atoms with Gasteiger partial charge in [0.1, 0.15) is 5.60 Å². The molecule has 2 aliphatic rings. The van der Waals surface area contributed by atoms with E-state index in [0.717, 1.165) is 0 Å². The lowest BCUT2D eigenvalue weighted by Gasteiger charge is -2.24. The summed E-state index contributed by atoms with van der Waals surface area (Å²) in [5, 5.41) is 2.84. The van der Waals surface area contributed by atoms with Gasteiger partial charge in [-0.3, -0.25) is 4.79 Å². The van der Waals surface area contributed by atoms with Crippen molar-refractivity contribution in [2.75, 3.05) is 19.6 Å². The fourth-order valence-corrected chi connectivity index (χ4v) is 2.43. The molecule has 0 spiro atoms. The van der Waals surface area contributed by atoms with Crippen molar-refractivity contribution in [3.05, 3.63) is 0 Å². The number of carbonyl (C=O) groups is 2. The van der Waals surface area contributed by atoms with Gasteiger partial charge >= 0.3 is 6.09 Å². The van der Waals surface area contributed by atoms with Crippen molar-refractivity contribution in [2.45, 2.75) is 32.8 Å². The number of ether oxygens (including phenoxy) is 1. The highest BCUT2D eigenvalue weighted by molar-refractivity contribution is 5.77. The highest BCUT2D eigenvalue weighted by Gasteiger charge is 2.40. The van der Waals surface area contributed by atoms with E-state index in [9.17, 15) is 9.59 Å². The Balaban J connectivity index is 1.93. The Morgan fingerprint density at radius 1 is 1.35 bits per heavy atom. The number of amides is 2. The molecule has 2 heterocycles. The van der Waals surface area contributed by atoms with Crippen LogP contribution >= 0.6 is 0 Å². The van der Waals surface area contributed by atoms with Gasteiger partial charge in [-0.25, -0.2) is 4.79 Å². The Morgan fingerprint density at radius 3 is 2.65 bits per heavy atom. The minimum absolute atomic E-state index is 0.0947. The van der Waals surface area contributed by atoms with E-state index in [1.165, 1.54) is 0 Å². The Bertz CT molecular complexity index is 335. The second-order valence-corrected chi connectivity index (χ2v) is 5.91. The van der Waals surface area contributed by atoms with E-state index >= 15 is 0 Å². The number of hydrogen-bond donors (Lipinski definition) is 1. The van der Waals surface area contributed by atoms with Crippen molar-refractivity contribution in [2.24, 2.45) is 11.8 Å². The first kappa shape index (κ1) is 12.2. The second kappa shape index (κ2) is 4.20. The van der Waals surface area contributed by atoms with Crippen molar-refractivity contribution >= 4 is 12.0 Å². The predicted molar refractivity (Wildman–Crippen MR) is 62.4 cm³/mol. The van der Waals surface area contributed by atoms with Crippen molar-refractivity contribution < 1.29 is 14.3 Å². The van der Waals surface area contributed by atoms with Gasteiger partial charge in [0.2, 0.25) is 5.91 Å². The van der Waals surface area contributed by atoms with E-state index in [2.05, 4.69) is 5.32 Å². The zero-order chi connectivity index (χ0) is 12.6. The zero-order valence-electron chi connectivity index (χ0n) is 10.7. The number of nitrogens with one attached hydrogen (secondary N) is 1. The zero-order valence-corrected chi connectivity index (χ0v) is 10.7. The molecule has 2 amide bonds. The van der Waals surface area contributed by atoms with Crippen LogP contribution < -0.4 is 5.32 Å². The van der Waals surface area contributed by atoms with E-state index in [1.54, 1.807) is 4.90 Å². The summed E-state index contributed by atoms with van der Waals surface area (Å²) in [5.74, 6) is 0.786. The lowest BCUT2D eigenvalue weighted by Crippen LogP contribution is -2.40. The molecule has 2 rings (SSSR count). The highest BCUT2D eigenvalue weighted by atomic mass is 16.6. The Labute approximate surface area is 101 Å².